The molecule has 0 unspecified atom stereocenters. The van der Waals surface area contributed by atoms with Crippen LogP contribution in [0, 0.1) is 0 Å². The van der Waals surface area contributed by atoms with Crippen molar-refractivity contribution in [1.82, 2.24) is 15.0 Å². The standard InChI is InChI=1S/C54H81N3O6/c1-49(2,3)37-28-34(29-38(43(37)58)50(4,5)6)22-19-25-61-46-55-47(62-26-20-23-35-30-39(51(7,8)9)44(59)40(31-35)52(10,11)12)57-48(56-46)63-27-21-24-36-32-41(53(13,14)15)45(60)42(33-36)54(16,17)18/h28-33,58-60H,19-27H2,1-18H3. The lowest BCUT2D eigenvalue weighted by Gasteiger charge is -2.28. The van der Waals surface area contributed by atoms with Crippen LogP contribution in [-0.4, -0.2) is 50.1 Å². The molecule has 9 heteroatoms. The van der Waals surface area contributed by atoms with Gasteiger partial charge in [0.2, 0.25) is 0 Å². The molecule has 0 saturated heterocycles. The van der Waals surface area contributed by atoms with Crippen LogP contribution in [-0.2, 0) is 51.8 Å². The summed E-state index contributed by atoms with van der Waals surface area (Å²) in [5, 5.41) is 33.7. The molecular weight excluding hydrogens is 787 g/mol. The first-order valence-electron chi connectivity index (χ1n) is 23.0. The Morgan fingerprint density at radius 1 is 0.333 bits per heavy atom. The number of nitrogens with zero attached hydrogens (tertiary/aromatic N) is 3. The van der Waals surface area contributed by atoms with Crippen molar-refractivity contribution in [3.05, 3.63) is 86.5 Å². The number of hydrogen-bond acceptors (Lipinski definition) is 9. The Morgan fingerprint density at radius 3 is 0.667 bits per heavy atom. The van der Waals surface area contributed by atoms with Crippen LogP contribution in [0.3, 0.4) is 0 Å². The molecule has 0 atom stereocenters. The van der Waals surface area contributed by atoms with Gasteiger partial charge in [-0.25, -0.2) is 0 Å². The summed E-state index contributed by atoms with van der Waals surface area (Å²) in [6.45, 7) is 39.3. The molecule has 0 aliphatic carbocycles. The zero-order valence-corrected chi connectivity index (χ0v) is 42.2. The van der Waals surface area contributed by atoms with Gasteiger partial charge >= 0.3 is 18.0 Å². The van der Waals surface area contributed by atoms with E-state index in [1.807, 2.05) is 0 Å². The van der Waals surface area contributed by atoms with Crippen LogP contribution < -0.4 is 14.2 Å². The molecule has 3 N–H and O–H groups in total. The van der Waals surface area contributed by atoms with Crippen molar-refractivity contribution in [2.75, 3.05) is 19.8 Å². The van der Waals surface area contributed by atoms with Gasteiger partial charge in [0, 0.05) is 0 Å². The average Bonchev–Trinajstić information content (AvgIpc) is 3.12. The van der Waals surface area contributed by atoms with E-state index < -0.39 is 0 Å². The lowest BCUT2D eigenvalue weighted by atomic mass is 9.78. The molecular formula is C54H81N3O6. The van der Waals surface area contributed by atoms with Crippen molar-refractivity contribution in [1.29, 1.82) is 0 Å². The van der Waals surface area contributed by atoms with Crippen LogP contribution in [0.4, 0.5) is 0 Å². The Morgan fingerprint density at radius 2 is 0.508 bits per heavy atom. The third kappa shape index (κ3) is 14.0. The zero-order valence-electron chi connectivity index (χ0n) is 42.2. The maximum absolute atomic E-state index is 11.2. The van der Waals surface area contributed by atoms with Crippen molar-refractivity contribution in [2.24, 2.45) is 0 Å². The van der Waals surface area contributed by atoms with Gasteiger partial charge < -0.3 is 29.5 Å². The summed E-state index contributed by atoms with van der Waals surface area (Å²) in [4.78, 5) is 13.6. The van der Waals surface area contributed by atoms with E-state index in [0.29, 0.717) is 56.3 Å². The van der Waals surface area contributed by atoms with E-state index in [1.54, 1.807) is 0 Å². The molecule has 9 nitrogen and oxygen atoms in total. The van der Waals surface area contributed by atoms with Gasteiger partial charge in [-0.2, -0.15) is 0 Å². The SMILES string of the molecule is CC(C)(C)c1cc(CCCOc2nc(OCCCc3cc(C(C)(C)C)c(O)c(C(C)(C)C)c3)nc(OCCCc3cc(C(C)(C)C)c(O)c(C(C)(C)C)c3)n2)cc(C(C)(C)C)c1O. The van der Waals surface area contributed by atoms with Crippen molar-refractivity contribution in [3.63, 3.8) is 0 Å². The molecule has 0 saturated carbocycles. The highest BCUT2D eigenvalue weighted by Crippen LogP contribution is 2.43. The van der Waals surface area contributed by atoms with E-state index in [2.05, 4.69) is 176 Å². The fraction of sp³-hybridized carbons (Fsp3) is 0.611. The lowest BCUT2D eigenvalue weighted by Crippen LogP contribution is -2.18. The van der Waals surface area contributed by atoms with Gasteiger partial charge in [0.05, 0.1) is 19.8 Å². The van der Waals surface area contributed by atoms with E-state index in [-0.39, 0.29) is 50.5 Å². The number of hydrogen-bond donors (Lipinski definition) is 3. The molecule has 0 aliphatic heterocycles. The number of ether oxygens (including phenoxy) is 3. The van der Waals surface area contributed by atoms with Crippen LogP contribution in [0.15, 0.2) is 36.4 Å². The second kappa shape index (κ2) is 19.3. The van der Waals surface area contributed by atoms with E-state index in [9.17, 15) is 15.3 Å². The number of aryl methyl sites for hydroxylation is 3. The first kappa shape index (κ1) is 51.1. The molecule has 0 aliphatic rings. The quantitative estimate of drug-likeness (QED) is 0.100. The maximum atomic E-state index is 11.2. The Labute approximate surface area is 380 Å². The largest absolute Gasteiger partial charge is 0.507 e. The lowest BCUT2D eigenvalue weighted by molar-refractivity contribution is 0.231. The summed E-state index contributed by atoms with van der Waals surface area (Å²) < 4.78 is 18.5. The Kier molecular flexibility index (Phi) is 15.6. The van der Waals surface area contributed by atoms with Crippen LogP contribution in [0.1, 0.15) is 194 Å². The van der Waals surface area contributed by atoms with Crippen LogP contribution >= 0.6 is 0 Å². The minimum atomic E-state index is -0.210. The van der Waals surface area contributed by atoms with Crippen LogP contribution in [0.25, 0.3) is 0 Å². The van der Waals surface area contributed by atoms with Gasteiger partial charge in [0.15, 0.2) is 0 Å². The molecule has 63 heavy (non-hydrogen) atoms. The Bertz CT molecular complexity index is 1820. The van der Waals surface area contributed by atoms with Gasteiger partial charge in [-0.3, -0.25) is 0 Å². The second-order valence-corrected chi connectivity index (χ2v) is 23.7. The van der Waals surface area contributed by atoms with Gasteiger partial charge in [0.1, 0.15) is 17.2 Å². The van der Waals surface area contributed by atoms with Gasteiger partial charge in [-0.15, -0.1) is 15.0 Å². The van der Waals surface area contributed by atoms with Crippen molar-refractivity contribution < 1.29 is 29.5 Å². The normalized spacial score (nSPS) is 13.0. The maximum Gasteiger partial charge on any atom is 0.325 e. The molecule has 0 radical (unpaired) electrons. The van der Waals surface area contributed by atoms with E-state index >= 15 is 0 Å². The van der Waals surface area contributed by atoms with Crippen molar-refractivity contribution in [3.8, 4) is 35.3 Å². The molecule has 0 amide bonds. The Balaban J connectivity index is 1.52. The van der Waals surface area contributed by atoms with E-state index in [1.165, 1.54) is 0 Å². The summed E-state index contributed by atoms with van der Waals surface area (Å²) in [5.41, 5.74) is 7.82. The van der Waals surface area contributed by atoms with Crippen molar-refractivity contribution >= 4 is 0 Å². The summed E-state index contributed by atoms with van der Waals surface area (Å²) in [6.07, 6.45) is 4.36. The van der Waals surface area contributed by atoms with Gasteiger partial charge in [-0.05, 0) is 121 Å². The molecule has 0 spiro atoms. The summed E-state index contributed by atoms with van der Waals surface area (Å²) in [5.74, 6) is 1.13. The number of benzene rings is 3. The predicted molar refractivity (Wildman–Crippen MR) is 258 cm³/mol. The number of rotatable bonds is 15. The number of phenols is 3. The molecule has 3 aromatic carbocycles. The molecule has 4 rings (SSSR count). The summed E-state index contributed by atoms with van der Waals surface area (Å²) in [6, 6.07) is 13.1. The molecule has 0 bridgehead atoms. The highest BCUT2D eigenvalue weighted by molar-refractivity contribution is 5.52. The molecule has 1 heterocycles. The first-order valence-corrected chi connectivity index (χ1v) is 23.0. The summed E-state index contributed by atoms with van der Waals surface area (Å²) in [7, 11) is 0. The van der Waals surface area contributed by atoms with E-state index in [4.69, 9.17) is 14.2 Å². The molecule has 1 aromatic heterocycles. The van der Waals surface area contributed by atoms with E-state index in [0.717, 1.165) is 69.3 Å². The monoisotopic (exact) mass is 868 g/mol. The second-order valence-electron chi connectivity index (χ2n) is 23.7. The molecule has 0 fully saturated rings. The average molecular weight is 868 g/mol. The smallest absolute Gasteiger partial charge is 0.325 e. The third-order valence-electron chi connectivity index (χ3n) is 11.5. The number of phenolic OH excluding ortho intramolecular Hbond substituents is 3. The minimum absolute atomic E-state index is 0.137. The van der Waals surface area contributed by atoms with Crippen molar-refractivity contribution in [2.45, 2.75) is 196 Å². The summed E-state index contributed by atoms with van der Waals surface area (Å²) >= 11 is 0. The minimum Gasteiger partial charge on any atom is -0.507 e. The fourth-order valence-corrected chi connectivity index (χ4v) is 7.78. The van der Waals surface area contributed by atoms with Gasteiger partial charge in [0.25, 0.3) is 0 Å². The van der Waals surface area contributed by atoms with Crippen LogP contribution in [0.2, 0.25) is 0 Å². The molecule has 348 valence electrons. The first-order chi connectivity index (χ1) is 28.8. The predicted octanol–water partition coefficient (Wildman–Crippen LogP) is 12.8. The van der Waals surface area contributed by atoms with Gasteiger partial charge in [-0.1, -0.05) is 161 Å². The number of aromatic nitrogens is 3. The molecule has 4 aromatic rings. The van der Waals surface area contributed by atoms with Crippen LogP contribution in [0.5, 0.6) is 35.3 Å². The highest BCUT2D eigenvalue weighted by atomic mass is 16.5. The highest BCUT2D eigenvalue weighted by Gasteiger charge is 2.29. The number of aromatic hydroxyl groups is 3. The fourth-order valence-electron chi connectivity index (χ4n) is 7.78. The topological polar surface area (TPSA) is 127 Å². The third-order valence-corrected chi connectivity index (χ3v) is 11.5. The Hall–Kier alpha value is -4.53. The zero-order chi connectivity index (χ0) is 47.5.